The standard InChI is InChI=1S/C24H19N3O/c1-28-21-14-12-20(13-15-21)26-27-24-22-10-6-5-9-19(22)11-16-23(24)25-17-18-7-3-2-4-8-18/h2-17H,1H3. The third-order valence-electron chi connectivity index (χ3n) is 4.37. The SMILES string of the molecule is COc1ccc(N=Nc2c(N=Cc3ccccc3)ccc3ccccc23)cc1. The number of methoxy groups -OCH3 is 1. The van der Waals surface area contributed by atoms with Crippen LogP contribution < -0.4 is 4.74 Å². The molecule has 0 radical (unpaired) electrons. The molecule has 0 aliphatic rings. The van der Waals surface area contributed by atoms with Crippen molar-refractivity contribution in [2.24, 2.45) is 15.2 Å². The number of hydrogen-bond acceptors (Lipinski definition) is 4. The van der Waals surface area contributed by atoms with Gasteiger partial charge in [0.15, 0.2) is 0 Å². The Kier molecular flexibility index (Phi) is 5.20. The van der Waals surface area contributed by atoms with Crippen LogP contribution >= 0.6 is 0 Å². The van der Waals surface area contributed by atoms with Gasteiger partial charge in [-0.15, -0.1) is 5.11 Å². The predicted molar refractivity (Wildman–Crippen MR) is 115 cm³/mol. The summed E-state index contributed by atoms with van der Waals surface area (Å²) in [7, 11) is 1.64. The Morgan fingerprint density at radius 3 is 2.25 bits per heavy atom. The molecule has 0 aliphatic carbocycles. The fourth-order valence-corrected chi connectivity index (χ4v) is 2.89. The molecule has 0 aromatic heterocycles. The highest BCUT2D eigenvalue weighted by Crippen LogP contribution is 2.37. The van der Waals surface area contributed by atoms with E-state index in [-0.39, 0.29) is 0 Å². The maximum Gasteiger partial charge on any atom is 0.119 e. The van der Waals surface area contributed by atoms with Crippen LogP contribution in [-0.2, 0) is 0 Å². The summed E-state index contributed by atoms with van der Waals surface area (Å²) in [4.78, 5) is 4.67. The van der Waals surface area contributed by atoms with E-state index in [0.717, 1.165) is 39.1 Å². The van der Waals surface area contributed by atoms with E-state index in [9.17, 15) is 0 Å². The van der Waals surface area contributed by atoms with E-state index in [2.05, 4.69) is 27.4 Å². The molecule has 4 rings (SSSR count). The number of fused-ring (bicyclic) bond motifs is 1. The van der Waals surface area contributed by atoms with Crippen molar-refractivity contribution in [3.8, 4) is 5.75 Å². The monoisotopic (exact) mass is 365 g/mol. The maximum atomic E-state index is 5.19. The van der Waals surface area contributed by atoms with Gasteiger partial charge in [0.05, 0.1) is 18.5 Å². The van der Waals surface area contributed by atoms with Crippen molar-refractivity contribution in [2.75, 3.05) is 7.11 Å². The van der Waals surface area contributed by atoms with Crippen LogP contribution in [0.5, 0.6) is 5.75 Å². The molecule has 0 N–H and O–H groups in total. The molecule has 4 aromatic carbocycles. The van der Waals surface area contributed by atoms with E-state index in [1.54, 1.807) is 7.11 Å². The van der Waals surface area contributed by atoms with Gasteiger partial charge >= 0.3 is 0 Å². The van der Waals surface area contributed by atoms with Crippen molar-refractivity contribution in [1.82, 2.24) is 0 Å². The molecule has 4 heteroatoms. The molecule has 4 nitrogen and oxygen atoms in total. The molecule has 0 bridgehead atoms. The van der Waals surface area contributed by atoms with Gasteiger partial charge < -0.3 is 4.74 Å². The summed E-state index contributed by atoms with van der Waals surface area (Å²) in [5.74, 6) is 0.789. The van der Waals surface area contributed by atoms with Crippen molar-refractivity contribution >= 4 is 34.0 Å². The first-order valence-corrected chi connectivity index (χ1v) is 9.00. The van der Waals surface area contributed by atoms with E-state index in [0.29, 0.717) is 0 Å². The Bertz CT molecular complexity index is 1130. The zero-order valence-corrected chi connectivity index (χ0v) is 15.5. The summed E-state index contributed by atoms with van der Waals surface area (Å²) >= 11 is 0. The van der Waals surface area contributed by atoms with E-state index in [1.165, 1.54) is 0 Å². The van der Waals surface area contributed by atoms with Gasteiger partial charge in [0.25, 0.3) is 0 Å². The fraction of sp³-hybridized carbons (Fsp3) is 0.0417. The number of azo groups is 1. The van der Waals surface area contributed by atoms with Crippen molar-refractivity contribution in [3.63, 3.8) is 0 Å². The zero-order valence-electron chi connectivity index (χ0n) is 15.5. The van der Waals surface area contributed by atoms with Gasteiger partial charge in [-0.3, -0.25) is 4.99 Å². The molecule has 0 unspecified atom stereocenters. The summed E-state index contributed by atoms with van der Waals surface area (Å²) in [5, 5.41) is 11.1. The van der Waals surface area contributed by atoms with Gasteiger partial charge in [-0.05, 0) is 41.3 Å². The highest BCUT2D eigenvalue weighted by Gasteiger charge is 2.06. The van der Waals surface area contributed by atoms with Crippen LogP contribution in [0.4, 0.5) is 17.1 Å². The Morgan fingerprint density at radius 2 is 1.46 bits per heavy atom. The van der Waals surface area contributed by atoms with Crippen LogP contribution in [0.15, 0.2) is 106 Å². The summed E-state index contributed by atoms with van der Waals surface area (Å²) in [6, 6.07) is 29.6. The first kappa shape index (κ1) is 17.6. The maximum absolute atomic E-state index is 5.19. The largest absolute Gasteiger partial charge is 0.497 e. The summed E-state index contributed by atoms with van der Waals surface area (Å²) in [5.41, 5.74) is 3.32. The van der Waals surface area contributed by atoms with Crippen molar-refractivity contribution in [1.29, 1.82) is 0 Å². The number of benzene rings is 4. The fourth-order valence-electron chi connectivity index (χ4n) is 2.89. The molecular weight excluding hydrogens is 346 g/mol. The smallest absolute Gasteiger partial charge is 0.119 e. The van der Waals surface area contributed by atoms with Crippen LogP contribution in [-0.4, -0.2) is 13.3 Å². The molecule has 0 fully saturated rings. The number of aliphatic imine (C=N–C) groups is 1. The molecule has 0 spiro atoms. The molecular formula is C24H19N3O. The van der Waals surface area contributed by atoms with Gasteiger partial charge in [-0.1, -0.05) is 60.7 Å². The van der Waals surface area contributed by atoms with Gasteiger partial charge in [-0.25, -0.2) is 0 Å². The first-order chi connectivity index (χ1) is 13.8. The third-order valence-corrected chi connectivity index (χ3v) is 4.37. The second-order valence-electron chi connectivity index (χ2n) is 6.22. The predicted octanol–water partition coefficient (Wildman–Crippen LogP) is 7.01. The second kappa shape index (κ2) is 8.27. The van der Waals surface area contributed by atoms with Crippen LogP contribution in [0, 0.1) is 0 Å². The first-order valence-electron chi connectivity index (χ1n) is 9.00. The number of rotatable bonds is 5. The average molecular weight is 365 g/mol. The minimum Gasteiger partial charge on any atom is -0.497 e. The minimum absolute atomic E-state index is 0.751. The van der Waals surface area contributed by atoms with Crippen molar-refractivity contribution in [3.05, 3.63) is 96.6 Å². The van der Waals surface area contributed by atoms with Crippen LogP contribution in [0.3, 0.4) is 0 Å². The Morgan fingerprint density at radius 1 is 0.714 bits per heavy atom. The Hall–Kier alpha value is -3.79. The lowest BCUT2D eigenvalue weighted by Gasteiger charge is -2.05. The third kappa shape index (κ3) is 3.96. The normalized spacial score (nSPS) is 11.5. The Balaban J connectivity index is 1.75. The average Bonchev–Trinajstić information content (AvgIpc) is 2.77. The minimum atomic E-state index is 0.751. The molecule has 0 saturated carbocycles. The van der Waals surface area contributed by atoms with Gasteiger partial charge in [0, 0.05) is 11.6 Å². The Labute approximate surface area is 163 Å². The number of ether oxygens (including phenoxy) is 1. The molecule has 0 atom stereocenters. The molecule has 0 heterocycles. The molecule has 4 aromatic rings. The lowest BCUT2D eigenvalue weighted by atomic mass is 10.1. The highest BCUT2D eigenvalue weighted by atomic mass is 16.5. The van der Waals surface area contributed by atoms with Gasteiger partial charge in [0.1, 0.15) is 11.4 Å². The summed E-state index contributed by atoms with van der Waals surface area (Å²) < 4.78 is 5.19. The van der Waals surface area contributed by atoms with Gasteiger partial charge in [-0.2, -0.15) is 5.11 Å². The molecule has 0 amide bonds. The quantitative estimate of drug-likeness (QED) is 0.277. The van der Waals surface area contributed by atoms with E-state index < -0.39 is 0 Å². The summed E-state index contributed by atoms with van der Waals surface area (Å²) in [6.45, 7) is 0. The summed E-state index contributed by atoms with van der Waals surface area (Å²) in [6.07, 6.45) is 1.84. The molecule has 0 aliphatic heterocycles. The lowest BCUT2D eigenvalue weighted by molar-refractivity contribution is 0.415. The molecule has 28 heavy (non-hydrogen) atoms. The highest BCUT2D eigenvalue weighted by molar-refractivity contribution is 5.99. The molecule has 136 valence electrons. The number of hydrogen-bond donors (Lipinski definition) is 0. The van der Waals surface area contributed by atoms with Gasteiger partial charge in [0.2, 0.25) is 0 Å². The van der Waals surface area contributed by atoms with Crippen LogP contribution in [0.1, 0.15) is 5.56 Å². The number of nitrogens with zero attached hydrogens (tertiary/aromatic N) is 3. The second-order valence-corrected chi connectivity index (χ2v) is 6.22. The van der Waals surface area contributed by atoms with E-state index >= 15 is 0 Å². The van der Waals surface area contributed by atoms with E-state index in [1.807, 2.05) is 85.1 Å². The van der Waals surface area contributed by atoms with Crippen LogP contribution in [0.25, 0.3) is 10.8 Å². The van der Waals surface area contributed by atoms with Crippen LogP contribution in [0.2, 0.25) is 0 Å². The van der Waals surface area contributed by atoms with Crippen molar-refractivity contribution < 1.29 is 4.74 Å². The van der Waals surface area contributed by atoms with E-state index in [4.69, 9.17) is 4.74 Å². The molecule has 0 saturated heterocycles. The lowest BCUT2D eigenvalue weighted by Crippen LogP contribution is -1.80. The topological polar surface area (TPSA) is 46.3 Å². The zero-order chi connectivity index (χ0) is 19.2. The van der Waals surface area contributed by atoms with Crippen molar-refractivity contribution in [2.45, 2.75) is 0 Å².